The van der Waals surface area contributed by atoms with Gasteiger partial charge in [0.25, 0.3) is 10.0 Å². The monoisotopic (exact) mass is 432 g/mol. The Kier molecular flexibility index (Phi) is 6.31. The third-order valence-electron chi connectivity index (χ3n) is 4.24. The molecule has 1 amide bonds. The van der Waals surface area contributed by atoms with E-state index in [1.165, 1.54) is 24.3 Å². The quantitative estimate of drug-likeness (QED) is 0.525. The van der Waals surface area contributed by atoms with Gasteiger partial charge in [-0.2, -0.15) is 0 Å². The Morgan fingerprint density at radius 3 is 2.23 bits per heavy atom. The highest BCUT2D eigenvalue weighted by molar-refractivity contribution is 7.92. The topological polar surface area (TPSA) is 95.5 Å². The molecule has 0 unspecified atom stereocenters. The average Bonchev–Trinajstić information content (AvgIpc) is 2.70. The third kappa shape index (κ3) is 5.32. The summed E-state index contributed by atoms with van der Waals surface area (Å²) in [6, 6.07) is 14.9. The Labute approximate surface area is 172 Å². The predicted octanol–water partition coefficient (Wildman–Crippen LogP) is 4.04. The first-order valence-electron chi connectivity index (χ1n) is 8.89. The summed E-state index contributed by atoms with van der Waals surface area (Å²) in [6.45, 7) is 0. The Morgan fingerprint density at radius 1 is 0.900 bits per heavy atom. The molecule has 6 nitrogen and oxygen atoms in total. The summed E-state index contributed by atoms with van der Waals surface area (Å²) in [4.78, 5) is 11.7. The van der Waals surface area contributed by atoms with Gasteiger partial charge in [-0.3, -0.25) is 9.52 Å². The minimum absolute atomic E-state index is 0.128. The van der Waals surface area contributed by atoms with Crippen molar-refractivity contribution in [2.24, 2.45) is 0 Å². The maximum Gasteiger partial charge on any atom is 0.261 e. The highest BCUT2D eigenvalue weighted by atomic mass is 32.2. The number of phenolic OH excluding ortho intramolecular Hbond substituents is 1. The highest BCUT2D eigenvalue weighted by Gasteiger charge is 2.16. The van der Waals surface area contributed by atoms with Crippen LogP contribution in [0, 0.1) is 11.6 Å². The first-order valence-corrected chi connectivity index (χ1v) is 10.4. The Bertz CT molecular complexity index is 1170. The number of carbonyl (C=O) groups excluding carboxylic acids is 1. The number of sulfonamides is 1. The summed E-state index contributed by atoms with van der Waals surface area (Å²) in [5, 5.41) is 12.4. The van der Waals surface area contributed by atoms with Gasteiger partial charge in [0.1, 0.15) is 5.75 Å². The summed E-state index contributed by atoms with van der Waals surface area (Å²) in [6.07, 6.45) is 0.521. The molecular weight excluding hydrogens is 414 g/mol. The number of anilines is 2. The Hall–Kier alpha value is -3.46. The SMILES string of the molecule is O=C(CCc1ccccc1O)Nc1ccc(NS(=O)(=O)c2ccc(F)c(F)c2)cc1. The lowest BCUT2D eigenvalue weighted by Crippen LogP contribution is -2.14. The average molecular weight is 432 g/mol. The summed E-state index contributed by atoms with van der Waals surface area (Å²) in [5.41, 5.74) is 1.30. The van der Waals surface area contributed by atoms with E-state index in [9.17, 15) is 27.1 Å². The maximum absolute atomic E-state index is 13.3. The minimum Gasteiger partial charge on any atom is -0.508 e. The zero-order chi connectivity index (χ0) is 21.7. The molecule has 0 heterocycles. The molecular formula is C21H18F2N2O4S. The van der Waals surface area contributed by atoms with Crippen LogP contribution in [-0.4, -0.2) is 19.4 Å². The number of amides is 1. The third-order valence-corrected chi connectivity index (χ3v) is 5.61. The molecule has 0 radical (unpaired) electrons. The molecule has 156 valence electrons. The van der Waals surface area contributed by atoms with E-state index < -0.39 is 26.6 Å². The standard InChI is InChI=1S/C21H18F2N2O4S/c22-18-11-10-17(13-19(18)23)30(28,29)25-16-8-6-15(7-9-16)24-21(27)12-5-14-3-1-2-4-20(14)26/h1-4,6-11,13,25-26H,5,12H2,(H,24,27). The zero-order valence-corrected chi connectivity index (χ0v) is 16.4. The zero-order valence-electron chi connectivity index (χ0n) is 15.6. The molecule has 9 heteroatoms. The second kappa shape index (κ2) is 8.91. The second-order valence-corrected chi connectivity index (χ2v) is 8.12. The molecule has 3 N–H and O–H groups in total. The van der Waals surface area contributed by atoms with Crippen LogP contribution in [0.3, 0.4) is 0 Å². The van der Waals surface area contributed by atoms with Gasteiger partial charge in [0, 0.05) is 17.8 Å². The van der Waals surface area contributed by atoms with E-state index in [0.717, 1.165) is 12.1 Å². The summed E-state index contributed by atoms with van der Waals surface area (Å²) >= 11 is 0. The van der Waals surface area contributed by atoms with Crippen molar-refractivity contribution in [1.29, 1.82) is 0 Å². The van der Waals surface area contributed by atoms with E-state index in [1.54, 1.807) is 24.3 Å². The number of rotatable bonds is 7. The van der Waals surface area contributed by atoms with Gasteiger partial charge in [-0.15, -0.1) is 0 Å². The van der Waals surface area contributed by atoms with Gasteiger partial charge < -0.3 is 10.4 Å². The molecule has 3 aromatic carbocycles. The van der Waals surface area contributed by atoms with Crippen LogP contribution in [0.4, 0.5) is 20.2 Å². The van der Waals surface area contributed by atoms with Crippen LogP contribution < -0.4 is 10.0 Å². The largest absolute Gasteiger partial charge is 0.508 e. The molecule has 0 aliphatic rings. The molecule has 0 saturated heterocycles. The fourth-order valence-corrected chi connectivity index (χ4v) is 3.74. The van der Waals surface area contributed by atoms with Crippen molar-refractivity contribution in [3.05, 3.63) is 83.9 Å². The van der Waals surface area contributed by atoms with E-state index in [0.29, 0.717) is 23.7 Å². The highest BCUT2D eigenvalue weighted by Crippen LogP contribution is 2.21. The van der Waals surface area contributed by atoms with Crippen molar-refractivity contribution in [2.75, 3.05) is 10.0 Å². The number of phenols is 1. The molecule has 0 fully saturated rings. The lowest BCUT2D eigenvalue weighted by atomic mass is 10.1. The molecule has 0 aliphatic heterocycles. The van der Waals surface area contributed by atoms with Crippen molar-refractivity contribution in [1.82, 2.24) is 0 Å². The van der Waals surface area contributed by atoms with Crippen LogP contribution in [0.15, 0.2) is 71.6 Å². The fraction of sp³-hybridized carbons (Fsp3) is 0.0952. The maximum atomic E-state index is 13.3. The molecule has 0 bridgehead atoms. The number of aryl methyl sites for hydroxylation is 1. The number of hydrogen-bond donors (Lipinski definition) is 3. The van der Waals surface area contributed by atoms with E-state index in [-0.39, 0.29) is 23.8 Å². The summed E-state index contributed by atoms with van der Waals surface area (Å²) in [7, 11) is -4.10. The predicted molar refractivity (Wildman–Crippen MR) is 109 cm³/mol. The molecule has 3 rings (SSSR count). The minimum atomic E-state index is -4.10. The smallest absolute Gasteiger partial charge is 0.261 e. The van der Waals surface area contributed by atoms with Crippen molar-refractivity contribution >= 4 is 27.3 Å². The van der Waals surface area contributed by atoms with Gasteiger partial charge in [0.15, 0.2) is 11.6 Å². The molecule has 0 atom stereocenters. The number of hydrogen-bond acceptors (Lipinski definition) is 4. The van der Waals surface area contributed by atoms with Gasteiger partial charge in [-0.05, 0) is 60.5 Å². The van der Waals surface area contributed by atoms with Gasteiger partial charge in [0.2, 0.25) is 5.91 Å². The second-order valence-electron chi connectivity index (χ2n) is 6.44. The number of halogens is 2. The van der Waals surface area contributed by atoms with Crippen molar-refractivity contribution in [3.63, 3.8) is 0 Å². The van der Waals surface area contributed by atoms with Crippen LogP contribution in [-0.2, 0) is 21.2 Å². The van der Waals surface area contributed by atoms with Gasteiger partial charge in [-0.1, -0.05) is 18.2 Å². The van der Waals surface area contributed by atoms with Crippen LogP contribution in [0.1, 0.15) is 12.0 Å². The normalized spacial score (nSPS) is 11.1. The molecule has 0 spiro atoms. The summed E-state index contributed by atoms with van der Waals surface area (Å²) < 4.78 is 53.1. The van der Waals surface area contributed by atoms with Gasteiger partial charge in [-0.25, -0.2) is 17.2 Å². The number of aromatic hydroxyl groups is 1. The fourth-order valence-electron chi connectivity index (χ4n) is 2.67. The summed E-state index contributed by atoms with van der Waals surface area (Å²) in [5.74, 6) is -2.55. The van der Waals surface area contributed by atoms with Crippen molar-refractivity contribution < 1.29 is 27.1 Å². The van der Waals surface area contributed by atoms with E-state index in [4.69, 9.17) is 0 Å². The van der Waals surface area contributed by atoms with Gasteiger partial charge in [0.05, 0.1) is 4.90 Å². The molecule has 30 heavy (non-hydrogen) atoms. The molecule has 0 aromatic heterocycles. The first kappa shape index (κ1) is 21.3. The van der Waals surface area contributed by atoms with Crippen LogP contribution in [0.25, 0.3) is 0 Å². The van der Waals surface area contributed by atoms with Crippen LogP contribution in [0.2, 0.25) is 0 Å². The number of benzene rings is 3. The molecule has 3 aromatic rings. The lowest BCUT2D eigenvalue weighted by Gasteiger charge is -2.10. The Morgan fingerprint density at radius 2 is 1.57 bits per heavy atom. The van der Waals surface area contributed by atoms with Crippen molar-refractivity contribution in [2.45, 2.75) is 17.7 Å². The number of para-hydroxylation sites is 1. The van der Waals surface area contributed by atoms with Crippen LogP contribution in [0.5, 0.6) is 5.75 Å². The lowest BCUT2D eigenvalue weighted by molar-refractivity contribution is -0.116. The molecule has 0 aliphatic carbocycles. The number of carbonyl (C=O) groups is 1. The van der Waals surface area contributed by atoms with E-state index >= 15 is 0 Å². The number of nitrogens with one attached hydrogen (secondary N) is 2. The van der Waals surface area contributed by atoms with E-state index in [2.05, 4.69) is 10.0 Å². The van der Waals surface area contributed by atoms with E-state index in [1.807, 2.05) is 0 Å². The molecule has 0 saturated carbocycles. The van der Waals surface area contributed by atoms with Gasteiger partial charge >= 0.3 is 0 Å². The Balaban J connectivity index is 1.59. The van der Waals surface area contributed by atoms with Crippen LogP contribution >= 0.6 is 0 Å². The first-order chi connectivity index (χ1) is 14.2. The van der Waals surface area contributed by atoms with Crippen molar-refractivity contribution in [3.8, 4) is 5.75 Å².